The molecule has 6 heteroatoms. The van der Waals surface area contributed by atoms with Crippen LogP contribution in [0.25, 0.3) is 0 Å². The molecule has 0 atom stereocenters. The predicted octanol–water partition coefficient (Wildman–Crippen LogP) is -0.0890. The SMILES string of the molecule is O=c1c(Br)cncn1CCN1CCNCC1. The van der Waals surface area contributed by atoms with Crippen molar-refractivity contribution in [2.75, 3.05) is 32.7 Å². The van der Waals surface area contributed by atoms with Gasteiger partial charge in [-0.3, -0.25) is 14.3 Å². The lowest BCUT2D eigenvalue weighted by Gasteiger charge is -2.27. The van der Waals surface area contributed by atoms with E-state index in [0.717, 1.165) is 32.7 Å². The fourth-order valence-electron chi connectivity index (χ4n) is 1.77. The van der Waals surface area contributed by atoms with Crippen molar-refractivity contribution < 1.29 is 0 Å². The van der Waals surface area contributed by atoms with E-state index < -0.39 is 0 Å². The van der Waals surface area contributed by atoms with Crippen molar-refractivity contribution >= 4 is 15.9 Å². The van der Waals surface area contributed by atoms with E-state index in [4.69, 9.17) is 0 Å². The molecule has 2 heterocycles. The highest BCUT2D eigenvalue weighted by Crippen LogP contribution is 1.99. The first kappa shape index (κ1) is 11.8. The minimum atomic E-state index is -0.00913. The number of nitrogens with one attached hydrogen (secondary N) is 1. The highest BCUT2D eigenvalue weighted by atomic mass is 79.9. The van der Waals surface area contributed by atoms with Crippen LogP contribution in [-0.4, -0.2) is 47.2 Å². The molecule has 0 saturated carbocycles. The van der Waals surface area contributed by atoms with Gasteiger partial charge in [0.05, 0.1) is 6.33 Å². The van der Waals surface area contributed by atoms with Crippen LogP contribution in [0.2, 0.25) is 0 Å². The largest absolute Gasteiger partial charge is 0.314 e. The fourth-order valence-corrected chi connectivity index (χ4v) is 2.11. The Labute approximate surface area is 103 Å². The molecule has 0 bridgehead atoms. The van der Waals surface area contributed by atoms with Gasteiger partial charge >= 0.3 is 0 Å². The summed E-state index contributed by atoms with van der Waals surface area (Å²) >= 11 is 3.19. The Balaban J connectivity index is 1.94. The van der Waals surface area contributed by atoms with Gasteiger partial charge < -0.3 is 5.32 Å². The molecule has 0 aliphatic carbocycles. The maximum atomic E-state index is 11.7. The Bertz CT molecular complexity index is 400. The topological polar surface area (TPSA) is 50.2 Å². The van der Waals surface area contributed by atoms with Gasteiger partial charge in [-0.2, -0.15) is 0 Å². The van der Waals surface area contributed by atoms with Crippen LogP contribution in [0.3, 0.4) is 0 Å². The van der Waals surface area contributed by atoms with Crippen molar-refractivity contribution in [3.05, 3.63) is 27.4 Å². The summed E-state index contributed by atoms with van der Waals surface area (Å²) in [5.74, 6) is 0. The van der Waals surface area contributed by atoms with Crippen LogP contribution in [-0.2, 0) is 6.54 Å². The summed E-state index contributed by atoms with van der Waals surface area (Å²) in [7, 11) is 0. The highest BCUT2D eigenvalue weighted by Gasteiger charge is 2.09. The lowest BCUT2D eigenvalue weighted by molar-refractivity contribution is 0.231. The van der Waals surface area contributed by atoms with E-state index in [-0.39, 0.29) is 5.56 Å². The molecule has 1 saturated heterocycles. The van der Waals surface area contributed by atoms with Crippen LogP contribution < -0.4 is 10.9 Å². The first-order valence-corrected chi connectivity index (χ1v) is 6.20. The molecule has 1 aliphatic heterocycles. The van der Waals surface area contributed by atoms with Crippen LogP contribution in [0.5, 0.6) is 0 Å². The molecule has 1 aliphatic rings. The molecule has 2 rings (SSSR count). The average molecular weight is 287 g/mol. The van der Waals surface area contributed by atoms with E-state index in [1.807, 2.05) is 0 Å². The van der Waals surface area contributed by atoms with Gasteiger partial charge in [-0.15, -0.1) is 0 Å². The number of hydrogen-bond donors (Lipinski definition) is 1. The van der Waals surface area contributed by atoms with Crippen LogP contribution in [0.1, 0.15) is 0 Å². The molecule has 0 spiro atoms. The third-order valence-corrected chi connectivity index (χ3v) is 3.27. The van der Waals surface area contributed by atoms with Crippen LogP contribution in [0.15, 0.2) is 21.8 Å². The Hall–Kier alpha value is -0.720. The number of hydrogen-bond acceptors (Lipinski definition) is 4. The maximum Gasteiger partial charge on any atom is 0.267 e. The fraction of sp³-hybridized carbons (Fsp3) is 0.600. The van der Waals surface area contributed by atoms with Gasteiger partial charge in [0, 0.05) is 45.5 Å². The third kappa shape index (κ3) is 2.90. The van der Waals surface area contributed by atoms with E-state index in [2.05, 4.69) is 31.1 Å². The number of piperazine rings is 1. The normalized spacial score (nSPS) is 17.6. The van der Waals surface area contributed by atoms with Crippen molar-refractivity contribution in [2.24, 2.45) is 0 Å². The van der Waals surface area contributed by atoms with Gasteiger partial charge in [0.1, 0.15) is 4.47 Å². The quantitative estimate of drug-likeness (QED) is 0.844. The molecule has 16 heavy (non-hydrogen) atoms. The summed E-state index contributed by atoms with van der Waals surface area (Å²) in [4.78, 5) is 18.0. The Morgan fingerprint density at radius 3 is 2.88 bits per heavy atom. The van der Waals surface area contributed by atoms with Gasteiger partial charge in [-0.25, -0.2) is 4.98 Å². The van der Waals surface area contributed by atoms with Crippen molar-refractivity contribution in [1.29, 1.82) is 0 Å². The van der Waals surface area contributed by atoms with Gasteiger partial charge in [0.15, 0.2) is 0 Å². The maximum absolute atomic E-state index is 11.7. The number of halogens is 1. The second-order valence-electron chi connectivity index (χ2n) is 3.83. The van der Waals surface area contributed by atoms with Crippen LogP contribution >= 0.6 is 15.9 Å². The zero-order chi connectivity index (χ0) is 11.4. The van der Waals surface area contributed by atoms with E-state index in [0.29, 0.717) is 11.0 Å². The minimum Gasteiger partial charge on any atom is -0.314 e. The molecular formula is C10H15BrN4O. The zero-order valence-corrected chi connectivity index (χ0v) is 10.6. The second kappa shape index (κ2) is 5.56. The first-order valence-electron chi connectivity index (χ1n) is 5.40. The molecule has 0 aromatic carbocycles. The summed E-state index contributed by atoms with van der Waals surface area (Å²) in [5.41, 5.74) is -0.00913. The zero-order valence-electron chi connectivity index (χ0n) is 9.03. The second-order valence-corrected chi connectivity index (χ2v) is 4.69. The molecular weight excluding hydrogens is 272 g/mol. The van der Waals surface area contributed by atoms with Gasteiger partial charge in [0.25, 0.3) is 5.56 Å². The molecule has 1 aromatic heterocycles. The Morgan fingerprint density at radius 1 is 1.38 bits per heavy atom. The standard InChI is InChI=1S/C10H15BrN4O/c11-9-7-13-8-15(10(9)16)6-5-14-3-1-12-2-4-14/h7-8,12H,1-6H2. The van der Waals surface area contributed by atoms with Crippen molar-refractivity contribution in [3.8, 4) is 0 Å². The van der Waals surface area contributed by atoms with E-state index in [1.165, 1.54) is 6.20 Å². The van der Waals surface area contributed by atoms with Crippen molar-refractivity contribution in [1.82, 2.24) is 19.8 Å². The van der Waals surface area contributed by atoms with Gasteiger partial charge in [-0.05, 0) is 15.9 Å². The molecule has 88 valence electrons. The highest BCUT2D eigenvalue weighted by molar-refractivity contribution is 9.10. The summed E-state index contributed by atoms with van der Waals surface area (Å²) in [6.07, 6.45) is 3.12. The molecule has 1 aromatic rings. The van der Waals surface area contributed by atoms with E-state index in [9.17, 15) is 4.79 Å². The summed E-state index contributed by atoms with van der Waals surface area (Å²) in [6.45, 7) is 5.77. The predicted molar refractivity (Wildman–Crippen MR) is 65.5 cm³/mol. The first-order chi connectivity index (χ1) is 7.77. The number of nitrogens with zero attached hydrogens (tertiary/aromatic N) is 3. The smallest absolute Gasteiger partial charge is 0.267 e. The summed E-state index contributed by atoms with van der Waals surface area (Å²) in [6, 6.07) is 0. The molecule has 0 radical (unpaired) electrons. The molecule has 0 unspecified atom stereocenters. The third-order valence-electron chi connectivity index (χ3n) is 2.73. The Kier molecular flexibility index (Phi) is 4.09. The van der Waals surface area contributed by atoms with Crippen molar-refractivity contribution in [2.45, 2.75) is 6.54 Å². The van der Waals surface area contributed by atoms with Crippen LogP contribution in [0, 0.1) is 0 Å². The summed E-state index contributed by atoms with van der Waals surface area (Å²) < 4.78 is 2.17. The summed E-state index contributed by atoms with van der Waals surface area (Å²) in [5, 5.41) is 3.30. The monoisotopic (exact) mass is 286 g/mol. The number of rotatable bonds is 3. The minimum absolute atomic E-state index is 0.00913. The molecule has 0 amide bonds. The van der Waals surface area contributed by atoms with Gasteiger partial charge in [0.2, 0.25) is 0 Å². The molecule has 1 fully saturated rings. The average Bonchev–Trinajstić information content (AvgIpc) is 2.32. The van der Waals surface area contributed by atoms with E-state index >= 15 is 0 Å². The van der Waals surface area contributed by atoms with E-state index in [1.54, 1.807) is 10.9 Å². The lowest BCUT2D eigenvalue weighted by Crippen LogP contribution is -2.45. The molecule has 5 nitrogen and oxygen atoms in total. The van der Waals surface area contributed by atoms with Crippen molar-refractivity contribution in [3.63, 3.8) is 0 Å². The van der Waals surface area contributed by atoms with Gasteiger partial charge in [-0.1, -0.05) is 0 Å². The molecule has 1 N–H and O–H groups in total. The Morgan fingerprint density at radius 2 is 2.12 bits per heavy atom. The van der Waals surface area contributed by atoms with Crippen LogP contribution in [0.4, 0.5) is 0 Å². The lowest BCUT2D eigenvalue weighted by atomic mass is 10.3. The number of aromatic nitrogens is 2.